The van der Waals surface area contributed by atoms with Crippen LogP contribution in [-0.2, 0) is 22.4 Å². The molecule has 0 amide bonds. The molecule has 0 aliphatic carbocycles. The maximum atomic E-state index is 11.2. The molecule has 21 heavy (non-hydrogen) atoms. The van der Waals surface area contributed by atoms with Crippen LogP contribution >= 0.6 is 11.3 Å². The molecule has 1 N–H and O–H groups in total. The largest absolute Gasteiger partial charge is 0.488 e. The van der Waals surface area contributed by atoms with Crippen molar-refractivity contribution >= 4 is 22.4 Å². The fourth-order valence-electron chi connectivity index (χ4n) is 2.26. The van der Waals surface area contributed by atoms with E-state index in [0.717, 1.165) is 23.0 Å². The molecule has 0 saturated carbocycles. The van der Waals surface area contributed by atoms with Gasteiger partial charge in [0.15, 0.2) is 5.13 Å². The summed E-state index contributed by atoms with van der Waals surface area (Å²) in [5, 5.41) is 5.93. The zero-order valence-electron chi connectivity index (χ0n) is 11.7. The van der Waals surface area contributed by atoms with Gasteiger partial charge in [-0.3, -0.25) is 4.79 Å². The van der Waals surface area contributed by atoms with Gasteiger partial charge in [0, 0.05) is 11.8 Å². The Balaban J connectivity index is 1.51. The first-order valence-electron chi connectivity index (χ1n) is 6.74. The minimum Gasteiger partial charge on any atom is -0.488 e. The van der Waals surface area contributed by atoms with E-state index in [9.17, 15) is 4.79 Å². The molecule has 2 heterocycles. The molecule has 5 nitrogen and oxygen atoms in total. The molecule has 3 rings (SSSR count). The molecule has 110 valence electrons. The maximum absolute atomic E-state index is 11.2. The van der Waals surface area contributed by atoms with Crippen LogP contribution in [-0.4, -0.2) is 30.7 Å². The molecular weight excluding hydrogens is 288 g/mol. The molecular formula is C15H16N2O3S. The number of hydrogen-bond acceptors (Lipinski definition) is 6. The first-order chi connectivity index (χ1) is 10.2. The predicted octanol–water partition coefficient (Wildman–Crippen LogP) is 2.27. The van der Waals surface area contributed by atoms with Gasteiger partial charge in [0.05, 0.1) is 25.8 Å². The quantitative estimate of drug-likeness (QED) is 0.859. The van der Waals surface area contributed by atoms with Crippen LogP contribution in [0.1, 0.15) is 11.3 Å². The Kier molecular flexibility index (Phi) is 4.06. The Morgan fingerprint density at radius 2 is 2.38 bits per heavy atom. The lowest BCUT2D eigenvalue weighted by Gasteiger charge is -2.10. The first kappa shape index (κ1) is 13.9. The van der Waals surface area contributed by atoms with E-state index >= 15 is 0 Å². The van der Waals surface area contributed by atoms with Gasteiger partial charge in [-0.2, -0.15) is 0 Å². The molecule has 1 unspecified atom stereocenters. The van der Waals surface area contributed by atoms with Gasteiger partial charge < -0.3 is 14.8 Å². The molecule has 1 aliphatic heterocycles. The third kappa shape index (κ3) is 3.33. The molecule has 0 radical (unpaired) electrons. The smallest absolute Gasteiger partial charge is 0.311 e. The van der Waals surface area contributed by atoms with Crippen molar-refractivity contribution < 1.29 is 14.3 Å². The number of nitrogens with one attached hydrogen (secondary N) is 1. The number of anilines is 1. The number of rotatable bonds is 5. The summed E-state index contributed by atoms with van der Waals surface area (Å²) in [5.74, 6) is 0.691. The van der Waals surface area contributed by atoms with E-state index in [4.69, 9.17) is 4.74 Å². The molecule has 1 aromatic heterocycles. The zero-order valence-corrected chi connectivity index (χ0v) is 12.5. The highest BCUT2D eigenvalue weighted by Gasteiger charge is 2.22. The van der Waals surface area contributed by atoms with E-state index in [1.54, 1.807) is 0 Å². The van der Waals surface area contributed by atoms with E-state index in [1.807, 2.05) is 23.6 Å². The van der Waals surface area contributed by atoms with E-state index < -0.39 is 0 Å². The van der Waals surface area contributed by atoms with Crippen LogP contribution in [0.25, 0.3) is 0 Å². The van der Waals surface area contributed by atoms with Crippen LogP contribution in [0.15, 0.2) is 29.6 Å². The number of benzene rings is 1. The van der Waals surface area contributed by atoms with Crippen molar-refractivity contribution in [2.24, 2.45) is 0 Å². The zero-order chi connectivity index (χ0) is 14.7. The SMILES string of the molecule is COC(=O)Cc1csc(NCC2Cc3ccccc3O2)n1. The summed E-state index contributed by atoms with van der Waals surface area (Å²) < 4.78 is 10.5. The van der Waals surface area contributed by atoms with Crippen molar-refractivity contribution in [3.05, 3.63) is 40.9 Å². The van der Waals surface area contributed by atoms with Gasteiger partial charge in [-0.1, -0.05) is 18.2 Å². The molecule has 1 atom stereocenters. The number of fused-ring (bicyclic) bond motifs is 1. The van der Waals surface area contributed by atoms with Crippen molar-refractivity contribution in [2.75, 3.05) is 19.0 Å². The maximum Gasteiger partial charge on any atom is 0.311 e. The summed E-state index contributed by atoms with van der Waals surface area (Å²) in [5.41, 5.74) is 1.97. The van der Waals surface area contributed by atoms with Crippen LogP contribution in [0.5, 0.6) is 5.75 Å². The van der Waals surface area contributed by atoms with Gasteiger partial charge in [0.1, 0.15) is 11.9 Å². The Bertz CT molecular complexity index is 616. The van der Waals surface area contributed by atoms with E-state index in [2.05, 4.69) is 21.1 Å². The number of hydrogen-bond donors (Lipinski definition) is 1. The summed E-state index contributed by atoms with van der Waals surface area (Å²) in [7, 11) is 1.38. The lowest BCUT2D eigenvalue weighted by molar-refractivity contribution is -0.139. The number of carbonyl (C=O) groups excluding carboxylic acids is 1. The van der Waals surface area contributed by atoms with E-state index in [0.29, 0.717) is 6.54 Å². The average molecular weight is 304 g/mol. The van der Waals surface area contributed by atoms with E-state index in [1.165, 1.54) is 24.0 Å². The summed E-state index contributed by atoms with van der Waals surface area (Å²) in [6, 6.07) is 8.09. The number of methoxy groups -OCH3 is 1. The highest BCUT2D eigenvalue weighted by molar-refractivity contribution is 7.13. The molecule has 0 fully saturated rings. The van der Waals surface area contributed by atoms with Crippen LogP contribution < -0.4 is 10.1 Å². The van der Waals surface area contributed by atoms with Crippen LogP contribution in [0.4, 0.5) is 5.13 Å². The molecule has 0 spiro atoms. The van der Waals surface area contributed by atoms with Crippen LogP contribution in [0, 0.1) is 0 Å². The van der Waals surface area contributed by atoms with Crippen molar-refractivity contribution in [1.82, 2.24) is 4.98 Å². The van der Waals surface area contributed by atoms with Gasteiger partial charge in [0.25, 0.3) is 0 Å². The number of thiazole rings is 1. The number of ether oxygens (including phenoxy) is 2. The van der Waals surface area contributed by atoms with Crippen molar-refractivity contribution in [2.45, 2.75) is 18.9 Å². The third-order valence-electron chi connectivity index (χ3n) is 3.30. The molecule has 6 heteroatoms. The number of esters is 1. The third-order valence-corrected chi connectivity index (χ3v) is 4.15. The summed E-state index contributed by atoms with van der Waals surface area (Å²) >= 11 is 1.48. The van der Waals surface area contributed by atoms with Gasteiger partial charge in [-0.05, 0) is 11.6 Å². The Morgan fingerprint density at radius 3 is 3.19 bits per heavy atom. The van der Waals surface area contributed by atoms with Crippen molar-refractivity contribution in [3.8, 4) is 5.75 Å². The molecule has 2 aromatic rings. The topological polar surface area (TPSA) is 60.5 Å². The lowest BCUT2D eigenvalue weighted by Crippen LogP contribution is -2.23. The molecule has 1 aromatic carbocycles. The van der Waals surface area contributed by atoms with Crippen molar-refractivity contribution in [1.29, 1.82) is 0 Å². The number of carbonyl (C=O) groups is 1. The van der Waals surface area contributed by atoms with Gasteiger partial charge in [0.2, 0.25) is 0 Å². The monoisotopic (exact) mass is 304 g/mol. The number of aromatic nitrogens is 1. The molecule has 0 saturated heterocycles. The Labute approximate surface area is 126 Å². The minimum absolute atomic E-state index is 0.121. The second-order valence-electron chi connectivity index (χ2n) is 4.83. The normalized spacial score (nSPS) is 16.1. The fraction of sp³-hybridized carbons (Fsp3) is 0.333. The first-order valence-corrected chi connectivity index (χ1v) is 7.62. The summed E-state index contributed by atoms with van der Waals surface area (Å²) in [6.07, 6.45) is 1.24. The summed E-state index contributed by atoms with van der Waals surface area (Å²) in [4.78, 5) is 15.5. The van der Waals surface area contributed by atoms with Crippen LogP contribution in [0.2, 0.25) is 0 Å². The Morgan fingerprint density at radius 1 is 1.52 bits per heavy atom. The standard InChI is InChI=1S/C15H16N2O3S/c1-19-14(18)7-11-9-21-15(17-11)16-8-12-6-10-4-2-3-5-13(10)20-12/h2-5,9,12H,6-8H2,1H3,(H,16,17). The van der Waals surface area contributed by atoms with Crippen LogP contribution in [0.3, 0.4) is 0 Å². The summed E-state index contributed by atoms with van der Waals surface area (Å²) in [6.45, 7) is 0.694. The van der Waals surface area contributed by atoms with Gasteiger partial charge in [-0.15, -0.1) is 11.3 Å². The van der Waals surface area contributed by atoms with Gasteiger partial charge in [-0.25, -0.2) is 4.98 Å². The second kappa shape index (κ2) is 6.13. The van der Waals surface area contributed by atoms with E-state index in [-0.39, 0.29) is 18.5 Å². The molecule has 0 bridgehead atoms. The number of nitrogens with zero attached hydrogens (tertiary/aromatic N) is 1. The molecule has 1 aliphatic rings. The highest BCUT2D eigenvalue weighted by atomic mass is 32.1. The minimum atomic E-state index is -0.276. The predicted molar refractivity (Wildman–Crippen MR) is 80.9 cm³/mol. The average Bonchev–Trinajstić information content (AvgIpc) is 3.10. The van der Waals surface area contributed by atoms with Gasteiger partial charge >= 0.3 is 5.97 Å². The fourth-order valence-corrected chi connectivity index (χ4v) is 2.98. The Hall–Kier alpha value is -2.08. The lowest BCUT2D eigenvalue weighted by atomic mass is 10.1. The van der Waals surface area contributed by atoms with Crippen molar-refractivity contribution in [3.63, 3.8) is 0 Å². The second-order valence-corrected chi connectivity index (χ2v) is 5.69. The number of para-hydroxylation sites is 1. The highest BCUT2D eigenvalue weighted by Crippen LogP contribution is 2.28.